The number of para-hydroxylation sites is 1. The lowest BCUT2D eigenvalue weighted by Crippen LogP contribution is -2.41. The molecule has 20 rings (SSSR count). The summed E-state index contributed by atoms with van der Waals surface area (Å²) in [6, 6.07) is 92.0. The van der Waals surface area contributed by atoms with Crippen LogP contribution in [-0.4, -0.2) is 59.1 Å². The molecule has 10 heteroatoms. The van der Waals surface area contributed by atoms with Crippen LogP contribution in [0.1, 0.15) is 88.1 Å². The van der Waals surface area contributed by atoms with Gasteiger partial charge < -0.3 is 14.4 Å². The van der Waals surface area contributed by atoms with E-state index in [1.807, 2.05) is 78.9 Å². The van der Waals surface area contributed by atoms with E-state index in [9.17, 15) is 9.59 Å². The minimum Gasteiger partial charge on any atom is -0.492 e. The average Bonchev–Trinajstić information content (AvgIpc) is 0.878. The molecule has 7 heterocycles. The van der Waals surface area contributed by atoms with Gasteiger partial charge in [-0.1, -0.05) is 222 Å². The Hall–Kier alpha value is -11.8. The van der Waals surface area contributed by atoms with Gasteiger partial charge in [0.15, 0.2) is 0 Å². The molecule has 1 spiro atoms. The van der Waals surface area contributed by atoms with Gasteiger partial charge in [-0.2, -0.15) is 0 Å². The van der Waals surface area contributed by atoms with Gasteiger partial charge in [-0.25, -0.2) is 19.9 Å². The van der Waals surface area contributed by atoms with Crippen molar-refractivity contribution in [1.29, 1.82) is 0 Å². The first-order valence-corrected chi connectivity index (χ1v) is 33.1. The molecule has 0 fully saturated rings. The van der Waals surface area contributed by atoms with Gasteiger partial charge in [0, 0.05) is 55.6 Å². The maximum atomic E-state index is 15.0. The lowest BCUT2D eigenvalue weighted by atomic mass is 9.83. The van der Waals surface area contributed by atoms with Crippen molar-refractivity contribution < 1.29 is 19.1 Å². The van der Waals surface area contributed by atoms with Crippen LogP contribution in [0.15, 0.2) is 277 Å². The van der Waals surface area contributed by atoms with E-state index < -0.39 is 5.79 Å². The van der Waals surface area contributed by atoms with Gasteiger partial charge in [0.25, 0.3) is 17.6 Å². The number of imidazole rings is 1. The summed E-state index contributed by atoms with van der Waals surface area (Å²) in [6.07, 6.45) is 0. The normalized spacial score (nSPS) is 14.6. The van der Waals surface area contributed by atoms with E-state index in [0.717, 1.165) is 139 Å². The number of aliphatic imine (C=N–C) groups is 2. The number of ether oxygens (including phenoxy) is 2. The molecule has 2 amide bonds. The number of carbonyl (C=O) groups excluding carboxylic acids is 2. The Kier molecular flexibility index (Phi) is 14.1. The maximum absolute atomic E-state index is 15.0. The van der Waals surface area contributed by atoms with Crippen LogP contribution in [0.4, 0.5) is 11.4 Å². The number of amides is 2. The smallest absolute Gasteiger partial charge is 0.266 e. The zero-order valence-electron chi connectivity index (χ0n) is 53.7. The van der Waals surface area contributed by atoms with E-state index in [-0.39, 0.29) is 23.7 Å². The molecular formula is C86H66N6O4. The molecule has 464 valence electrons. The van der Waals surface area contributed by atoms with Crippen molar-refractivity contribution in [2.45, 2.75) is 45.3 Å². The molecule has 4 bridgehead atoms. The van der Waals surface area contributed by atoms with Crippen molar-refractivity contribution in [1.82, 2.24) is 9.55 Å². The molecule has 0 saturated carbocycles. The highest BCUT2D eigenvalue weighted by Crippen LogP contribution is 2.50. The lowest BCUT2D eigenvalue weighted by Gasteiger charge is -2.32. The monoisotopic (exact) mass is 1250 g/mol. The second-order valence-electron chi connectivity index (χ2n) is 25.8. The molecule has 0 saturated heterocycles. The first kappa shape index (κ1) is 58.1. The van der Waals surface area contributed by atoms with Gasteiger partial charge in [0.2, 0.25) is 0 Å². The van der Waals surface area contributed by atoms with Crippen LogP contribution < -0.4 is 19.3 Å². The van der Waals surface area contributed by atoms with E-state index >= 15 is 0 Å². The predicted octanol–water partition coefficient (Wildman–Crippen LogP) is 19.6. The summed E-state index contributed by atoms with van der Waals surface area (Å²) in [7, 11) is 0. The molecule has 14 aromatic rings. The Balaban J connectivity index is 0.729. The van der Waals surface area contributed by atoms with E-state index in [2.05, 4.69) is 225 Å². The zero-order valence-corrected chi connectivity index (χ0v) is 53.7. The fourth-order valence-electron chi connectivity index (χ4n) is 14.9. The summed E-state index contributed by atoms with van der Waals surface area (Å²) in [4.78, 5) is 51.2. The molecule has 13 aromatic carbocycles. The average molecular weight is 1250 g/mol. The summed E-state index contributed by atoms with van der Waals surface area (Å²) in [5, 5.41) is 8.13. The number of nitrogens with zero attached hydrogens (tertiary/aromatic N) is 6. The van der Waals surface area contributed by atoms with Crippen molar-refractivity contribution >= 4 is 77.7 Å². The topological polar surface area (TPSA) is 102 Å². The number of anilines is 2. The standard InChI is InChI=1S/C86H66N6O4/c1-53(2)65-27-17-28-66(54(3)4)82(65)91-84(93)73-47-45-71-69-30-18-29-68-67(43-44-70(75(68)69)72-46-48-74(85(91)94)77(73)76(71)72)55-31-37-62(38-32-55)90-49-51-95-63-39-33-60(34-40-63)83-87-80(58-23-13-7-14-24-58)81(59-25-15-8-16-26-59)92(83)86(61-35-41-64(42-36-61)96-52-50-90)88-78(56-19-9-5-10-20-56)79(89-86)57-21-11-6-12-22-57/h5-48,53-54H,49-52H2,1-4H3. The zero-order chi connectivity index (χ0) is 64.8. The highest BCUT2D eigenvalue weighted by Gasteiger charge is 2.46. The van der Waals surface area contributed by atoms with Crippen LogP contribution in [0.25, 0.3) is 88.1 Å². The van der Waals surface area contributed by atoms with Crippen LogP contribution in [0.3, 0.4) is 0 Å². The quantitative estimate of drug-likeness (QED) is 0.0811. The highest BCUT2D eigenvalue weighted by atomic mass is 16.5. The van der Waals surface area contributed by atoms with Crippen LogP contribution in [-0.2, 0) is 5.79 Å². The first-order valence-electron chi connectivity index (χ1n) is 33.1. The van der Waals surface area contributed by atoms with E-state index in [0.29, 0.717) is 48.9 Å². The number of hydrogen-bond donors (Lipinski definition) is 0. The maximum Gasteiger partial charge on any atom is 0.266 e. The van der Waals surface area contributed by atoms with Crippen LogP contribution in [0.2, 0.25) is 0 Å². The molecule has 6 aliphatic rings. The fourth-order valence-corrected chi connectivity index (χ4v) is 14.9. The van der Waals surface area contributed by atoms with Crippen LogP contribution >= 0.6 is 0 Å². The summed E-state index contributed by atoms with van der Waals surface area (Å²) in [6.45, 7) is 10.4. The Bertz CT molecular complexity index is 5280. The number of carbonyl (C=O) groups is 2. The van der Waals surface area contributed by atoms with E-state index in [1.165, 1.54) is 4.90 Å². The largest absolute Gasteiger partial charge is 0.492 e. The van der Waals surface area contributed by atoms with Gasteiger partial charge in [-0.15, -0.1) is 0 Å². The van der Waals surface area contributed by atoms with Crippen molar-refractivity contribution in [3.8, 4) is 56.5 Å². The van der Waals surface area contributed by atoms with Gasteiger partial charge in [0.1, 0.15) is 30.5 Å². The fraction of sp³-hybridized carbons (Fsp3) is 0.128. The number of hydrogen-bond acceptors (Lipinski definition) is 8. The molecule has 0 aliphatic carbocycles. The summed E-state index contributed by atoms with van der Waals surface area (Å²) < 4.78 is 15.6. The van der Waals surface area contributed by atoms with Crippen LogP contribution in [0.5, 0.6) is 11.5 Å². The minimum atomic E-state index is -1.40. The van der Waals surface area contributed by atoms with E-state index in [4.69, 9.17) is 24.4 Å². The Morgan fingerprint density at radius 2 is 0.854 bits per heavy atom. The third kappa shape index (κ3) is 9.49. The number of rotatable bonds is 9. The second-order valence-corrected chi connectivity index (χ2v) is 25.8. The Morgan fingerprint density at radius 3 is 1.40 bits per heavy atom. The van der Waals surface area contributed by atoms with Gasteiger partial charge in [-0.05, 0) is 145 Å². The molecule has 0 unspecified atom stereocenters. The van der Waals surface area contributed by atoms with Gasteiger partial charge >= 0.3 is 0 Å². The molecule has 96 heavy (non-hydrogen) atoms. The third-order valence-corrected chi connectivity index (χ3v) is 19.5. The van der Waals surface area contributed by atoms with Crippen molar-refractivity contribution in [2.75, 3.05) is 36.1 Å². The molecule has 0 radical (unpaired) electrons. The highest BCUT2D eigenvalue weighted by molar-refractivity contribution is 6.54. The summed E-state index contributed by atoms with van der Waals surface area (Å²) in [5.41, 5.74) is 15.8. The molecule has 6 aliphatic heterocycles. The summed E-state index contributed by atoms with van der Waals surface area (Å²) in [5.74, 6) is 0.387. The minimum absolute atomic E-state index is 0.106. The molecular weight excluding hydrogens is 1180 g/mol. The molecule has 0 atom stereocenters. The SMILES string of the molecule is CC(C)c1cccc(C(C)C)c1N1C(=O)c2ccc3c4cccc5c(-c6ccc(N7CCOc8ccc(cc8)-c8nc(-c9ccccc9)c(-c9ccccc9)n8C8(N=C(c9ccccc9)C(c9ccccc9)=N8)c8ccc(cc8)OCC7)cc6)ccc(c6ccc(c2c36)C1=O)c54. The number of imide groups is 1. The van der Waals surface area contributed by atoms with Crippen molar-refractivity contribution in [2.24, 2.45) is 9.98 Å². The summed E-state index contributed by atoms with van der Waals surface area (Å²) >= 11 is 0. The molecule has 1 aromatic heterocycles. The predicted molar refractivity (Wildman–Crippen MR) is 390 cm³/mol. The Labute approximate surface area is 557 Å². The first-order chi connectivity index (χ1) is 47.1. The van der Waals surface area contributed by atoms with Crippen molar-refractivity contribution in [3.05, 3.63) is 306 Å². The number of aromatic nitrogens is 2. The Morgan fingerprint density at radius 1 is 0.396 bits per heavy atom. The van der Waals surface area contributed by atoms with Gasteiger partial charge in [0.05, 0.1) is 41.6 Å². The lowest BCUT2D eigenvalue weighted by molar-refractivity contribution is 0.0892. The molecule has 10 nitrogen and oxygen atoms in total. The van der Waals surface area contributed by atoms with Crippen LogP contribution in [0, 0.1) is 0 Å². The van der Waals surface area contributed by atoms with Gasteiger partial charge in [-0.3, -0.25) is 14.2 Å². The second kappa shape index (κ2) is 23.4. The number of fused-ring (bicyclic) bond motifs is 2. The number of benzene rings is 13. The van der Waals surface area contributed by atoms with E-state index in [1.54, 1.807) is 0 Å². The van der Waals surface area contributed by atoms with Crippen molar-refractivity contribution in [3.63, 3.8) is 0 Å². The third-order valence-electron chi connectivity index (χ3n) is 19.5. The molecule has 0 N–H and O–H groups in total.